The molecule has 1 atom stereocenters. The minimum Gasteiger partial charge on any atom is -0.440 e. The molecule has 0 radical (unpaired) electrons. The van der Waals surface area contributed by atoms with Crippen LogP contribution in [0.25, 0.3) is 32.8 Å². The normalized spacial score (nSPS) is 12.1. The quantitative estimate of drug-likeness (QED) is 0.265. The molecular weight excluding hydrogens is 442 g/mol. The highest BCUT2D eigenvalue weighted by Crippen LogP contribution is 2.33. The van der Waals surface area contributed by atoms with Crippen molar-refractivity contribution in [3.63, 3.8) is 0 Å². The molecule has 5 nitrogen and oxygen atoms in total. The second-order valence-electron chi connectivity index (χ2n) is 8.22. The number of nitrogens with zero attached hydrogens (tertiary/aromatic N) is 3. The van der Waals surface area contributed by atoms with Crippen LogP contribution >= 0.6 is 11.3 Å². The number of para-hydroxylation sites is 1. The number of aromatic nitrogens is 2. The molecule has 6 heteroatoms. The molecule has 0 N–H and O–H groups in total. The molecule has 1 amide bonds. The van der Waals surface area contributed by atoms with E-state index < -0.39 is 0 Å². The van der Waals surface area contributed by atoms with Crippen molar-refractivity contribution in [3.05, 3.63) is 95.8 Å². The molecule has 1 unspecified atom stereocenters. The second-order valence-corrected chi connectivity index (χ2v) is 9.28. The number of fused-ring (bicyclic) bond motifs is 1. The Morgan fingerprint density at radius 2 is 1.56 bits per heavy atom. The first-order valence-corrected chi connectivity index (χ1v) is 12.1. The number of hydrogen-bond donors (Lipinski definition) is 0. The molecule has 0 fully saturated rings. The van der Waals surface area contributed by atoms with E-state index in [1.54, 1.807) is 16.2 Å². The van der Waals surface area contributed by atoms with E-state index in [1.807, 2.05) is 92.8 Å². The maximum Gasteiger partial charge on any atom is 0.223 e. The van der Waals surface area contributed by atoms with Gasteiger partial charge in [0.25, 0.3) is 0 Å². The van der Waals surface area contributed by atoms with Crippen LogP contribution in [0.4, 0.5) is 0 Å². The van der Waals surface area contributed by atoms with Crippen LogP contribution in [-0.4, -0.2) is 27.8 Å². The minimum atomic E-state index is -0.103. The monoisotopic (exact) mass is 467 g/mol. The SMILES string of the molecule is CC(c1nc2ccccc2s1)N(C)C(=O)CCc1nc(-c2ccccc2)c(-c2ccccc2)o1. The summed E-state index contributed by atoms with van der Waals surface area (Å²) < 4.78 is 7.31. The van der Waals surface area contributed by atoms with Crippen molar-refractivity contribution in [3.8, 4) is 22.6 Å². The third kappa shape index (κ3) is 4.50. The van der Waals surface area contributed by atoms with Gasteiger partial charge in [0.05, 0.1) is 16.3 Å². The fourth-order valence-electron chi connectivity index (χ4n) is 3.89. The Morgan fingerprint density at radius 3 is 2.26 bits per heavy atom. The lowest BCUT2D eigenvalue weighted by Crippen LogP contribution is -2.29. The fraction of sp³-hybridized carbons (Fsp3) is 0.179. The zero-order valence-electron chi connectivity index (χ0n) is 19.1. The predicted molar refractivity (Wildman–Crippen MR) is 137 cm³/mol. The summed E-state index contributed by atoms with van der Waals surface area (Å²) in [5.41, 5.74) is 3.72. The lowest BCUT2D eigenvalue weighted by molar-refractivity contribution is -0.131. The van der Waals surface area contributed by atoms with Crippen molar-refractivity contribution >= 4 is 27.5 Å². The summed E-state index contributed by atoms with van der Waals surface area (Å²) >= 11 is 1.63. The molecule has 0 aliphatic rings. The molecule has 34 heavy (non-hydrogen) atoms. The third-order valence-corrected chi connectivity index (χ3v) is 7.16. The minimum absolute atomic E-state index is 0.0347. The average Bonchev–Trinajstić information content (AvgIpc) is 3.52. The smallest absolute Gasteiger partial charge is 0.223 e. The number of thiazole rings is 1. The molecule has 0 aliphatic carbocycles. The molecule has 0 saturated heterocycles. The van der Waals surface area contributed by atoms with Gasteiger partial charge in [0, 0.05) is 31.0 Å². The third-order valence-electron chi connectivity index (χ3n) is 5.95. The standard InChI is InChI=1S/C28H25N3O2S/c1-19(28-29-22-15-9-10-16-23(22)34-28)31(2)25(32)18-17-24-30-26(20-11-5-3-6-12-20)27(33-24)21-13-7-4-8-14-21/h3-16,19H,17-18H2,1-2H3. The van der Waals surface area contributed by atoms with Crippen LogP contribution < -0.4 is 0 Å². The number of carbonyl (C=O) groups is 1. The van der Waals surface area contributed by atoms with Gasteiger partial charge in [-0.05, 0) is 19.1 Å². The number of amides is 1. The van der Waals surface area contributed by atoms with Crippen LogP contribution in [0.3, 0.4) is 0 Å². The Labute approximate surface area is 202 Å². The zero-order chi connectivity index (χ0) is 23.5. The average molecular weight is 468 g/mol. The van der Waals surface area contributed by atoms with E-state index in [1.165, 1.54) is 0 Å². The summed E-state index contributed by atoms with van der Waals surface area (Å²) in [5.74, 6) is 1.32. The summed E-state index contributed by atoms with van der Waals surface area (Å²) in [7, 11) is 1.83. The van der Waals surface area contributed by atoms with Crippen LogP contribution in [0, 0.1) is 0 Å². The fourth-order valence-corrected chi connectivity index (χ4v) is 4.95. The van der Waals surface area contributed by atoms with Gasteiger partial charge in [0.1, 0.15) is 10.7 Å². The number of oxazole rings is 1. The molecule has 0 bridgehead atoms. The highest BCUT2D eigenvalue weighted by atomic mass is 32.1. The van der Waals surface area contributed by atoms with Gasteiger partial charge < -0.3 is 9.32 Å². The summed E-state index contributed by atoms with van der Waals surface area (Å²) in [6, 6.07) is 27.9. The van der Waals surface area contributed by atoms with Crippen molar-refractivity contribution in [1.29, 1.82) is 0 Å². The zero-order valence-corrected chi connectivity index (χ0v) is 20.0. The van der Waals surface area contributed by atoms with Crippen molar-refractivity contribution in [1.82, 2.24) is 14.9 Å². The van der Waals surface area contributed by atoms with E-state index in [4.69, 9.17) is 14.4 Å². The molecule has 0 saturated carbocycles. The van der Waals surface area contributed by atoms with E-state index in [0.29, 0.717) is 18.7 Å². The van der Waals surface area contributed by atoms with Gasteiger partial charge in [-0.1, -0.05) is 72.8 Å². The first-order chi connectivity index (χ1) is 16.6. The number of benzene rings is 3. The van der Waals surface area contributed by atoms with Crippen LogP contribution in [-0.2, 0) is 11.2 Å². The number of rotatable bonds is 7. The van der Waals surface area contributed by atoms with E-state index in [0.717, 1.165) is 37.8 Å². The van der Waals surface area contributed by atoms with E-state index in [9.17, 15) is 4.79 Å². The maximum atomic E-state index is 13.0. The maximum absolute atomic E-state index is 13.0. The second kappa shape index (κ2) is 9.61. The molecule has 170 valence electrons. The Kier molecular flexibility index (Phi) is 6.23. The molecule has 2 heterocycles. The number of hydrogen-bond acceptors (Lipinski definition) is 5. The van der Waals surface area contributed by atoms with Crippen molar-refractivity contribution in [2.45, 2.75) is 25.8 Å². The van der Waals surface area contributed by atoms with E-state index >= 15 is 0 Å². The van der Waals surface area contributed by atoms with Gasteiger partial charge in [-0.3, -0.25) is 4.79 Å². The molecule has 0 aliphatic heterocycles. The Hall–Kier alpha value is -3.77. The lowest BCUT2D eigenvalue weighted by atomic mass is 10.1. The van der Waals surface area contributed by atoms with Gasteiger partial charge in [-0.2, -0.15) is 0 Å². The van der Waals surface area contributed by atoms with Gasteiger partial charge in [-0.15, -0.1) is 11.3 Å². The summed E-state index contributed by atoms with van der Waals surface area (Å²) in [4.78, 5) is 24.3. The molecular formula is C28H25N3O2S. The molecule has 5 aromatic rings. The van der Waals surface area contributed by atoms with E-state index in [-0.39, 0.29) is 11.9 Å². The van der Waals surface area contributed by atoms with Crippen molar-refractivity contribution in [2.75, 3.05) is 7.05 Å². The Bertz CT molecular complexity index is 1320. The Morgan fingerprint density at radius 1 is 0.912 bits per heavy atom. The first kappa shape index (κ1) is 22.0. The van der Waals surface area contributed by atoms with Crippen LogP contribution in [0.1, 0.15) is 30.3 Å². The topological polar surface area (TPSA) is 59.2 Å². The first-order valence-electron chi connectivity index (χ1n) is 11.3. The summed E-state index contributed by atoms with van der Waals surface area (Å²) in [6.45, 7) is 2.02. The lowest BCUT2D eigenvalue weighted by Gasteiger charge is -2.23. The van der Waals surface area contributed by atoms with E-state index in [2.05, 4.69) is 6.07 Å². The van der Waals surface area contributed by atoms with Crippen LogP contribution in [0.15, 0.2) is 89.3 Å². The highest BCUT2D eigenvalue weighted by Gasteiger charge is 2.22. The van der Waals surface area contributed by atoms with Crippen molar-refractivity contribution in [2.24, 2.45) is 0 Å². The van der Waals surface area contributed by atoms with Crippen molar-refractivity contribution < 1.29 is 9.21 Å². The van der Waals surface area contributed by atoms with Gasteiger partial charge in [0.15, 0.2) is 11.7 Å². The van der Waals surface area contributed by atoms with Crippen LogP contribution in [0.2, 0.25) is 0 Å². The van der Waals surface area contributed by atoms with Crippen LogP contribution in [0.5, 0.6) is 0 Å². The molecule has 3 aromatic carbocycles. The largest absolute Gasteiger partial charge is 0.440 e. The summed E-state index contributed by atoms with van der Waals surface area (Å²) in [5, 5.41) is 0.936. The Balaban J connectivity index is 1.33. The van der Waals surface area contributed by atoms with Gasteiger partial charge in [-0.25, -0.2) is 9.97 Å². The highest BCUT2D eigenvalue weighted by molar-refractivity contribution is 7.18. The van der Waals surface area contributed by atoms with Gasteiger partial charge >= 0.3 is 0 Å². The number of carbonyl (C=O) groups excluding carboxylic acids is 1. The molecule has 5 rings (SSSR count). The predicted octanol–water partition coefficient (Wildman–Crippen LogP) is 6.77. The summed E-state index contributed by atoms with van der Waals surface area (Å²) in [6.07, 6.45) is 0.747. The molecule has 2 aromatic heterocycles. The van der Waals surface area contributed by atoms with Gasteiger partial charge in [0.2, 0.25) is 5.91 Å². The number of aryl methyl sites for hydroxylation is 1. The molecule has 0 spiro atoms.